The van der Waals surface area contributed by atoms with E-state index in [0.717, 1.165) is 5.39 Å². The topological polar surface area (TPSA) is 105 Å². The number of nitrogens with zero attached hydrogens (tertiary/aromatic N) is 2. The van der Waals surface area contributed by atoms with E-state index in [2.05, 4.69) is 15.3 Å². The lowest BCUT2D eigenvalue weighted by Crippen LogP contribution is -1.97. The van der Waals surface area contributed by atoms with Gasteiger partial charge in [-0.05, 0) is 23.8 Å². The molecule has 0 radical (unpaired) electrons. The molecule has 2 heterocycles. The van der Waals surface area contributed by atoms with Crippen LogP contribution in [-0.2, 0) is 10.7 Å². The number of aromatic nitrogens is 2. The van der Waals surface area contributed by atoms with E-state index in [1.807, 2.05) is 0 Å². The highest BCUT2D eigenvalue weighted by atomic mass is 31.2. The summed E-state index contributed by atoms with van der Waals surface area (Å²) in [6.07, 6.45) is 2.56. The molecule has 0 amide bonds. The van der Waals surface area contributed by atoms with E-state index in [0.29, 0.717) is 22.8 Å². The zero-order valence-corrected chi connectivity index (χ0v) is 14.1. The second-order valence-corrected chi connectivity index (χ2v) is 7.00. The predicted molar refractivity (Wildman–Crippen MR) is 91.5 cm³/mol. The number of hydrogen-bond acceptors (Lipinski definition) is 5. The third kappa shape index (κ3) is 4.11. The van der Waals surface area contributed by atoms with E-state index in [9.17, 15) is 8.96 Å². The highest BCUT2D eigenvalue weighted by molar-refractivity contribution is 7.50. The first-order chi connectivity index (χ1) is 11.9. The number of rotatable bonds is 5. The third-order valence-corrected chi connectivity index (χ3v) is 4.27. The predicted octanol–water partition coefficient (Wildman–Crippen LogP) is 3.20. The van der Waals surface area contributed by atoms with Gasteiger partial charge in [0.15, 0.2) is 0 Å². The number of methoxy groups -OCH3 is 1. The molecule has 3 N–H and O–H groups in total. The Morgan fingerprint density at radius 1 is 1.24 bits per heavy atom. The van der Waals surface area contributed by atoms with Gasteiger partial charge in [0, 0.05) is 29.5 Å². The van der Waals surface area contributed by atoms with Gasteiger partial charge in [-0.1, -0.05) is 6.07 Å². The Morgan fingerprint density at radius 3 is 2.72 bits per heavy atom. The second-order valence-electron chi connectivity index (χ2n) is 5.36. The summed E-state index contributed by atoms with van der Waals surface area (Å²) < 4.78 is 30.2. The Morgan fingerprint density at radius 2 is 2.04 bits per heavy atom. The van der Waals surface area contributed by atoms with Crippen LogP contribution in [0.4, 0.5) is 15.8 Å². The van der Waals surface area contributed by atoms with Crippen LogP contribution in [0.1, 0.15) is 5.56 Å². The Balaban J connectivity index is 1.91. The fourth-order valence-electron chi connectivity index (χ4n) is 2.37. The normalized spacial score (nSPS) is 11.5. The van der Waals surface area contributed by atoms with Gasteiger partial charge in [0.2, 0.25) is 5.88 Å². The highest BCUT2D eigenvalue weighted by Crippen LogP contribution is 2.40. The van der Waals surface area contributed by atoms with E-state index in [1.54, 1.807) is 30.6 Å². The van der Waals surface area contributed by atoms with Gasteiger partial charge >= 0.3 is 7.60 Å². The standard InChI is InChI=1S/C16H15FN3O4P/c1-24-16-7-15-12(8-19-16)14(4-5-18-15)20-11-3-2-10(13(17)6-11)9-25(21,22)23/h2-8H,9H2,1H3,(H,18,20)(H2,21,22,23). The number of benzene rings is 1. The average molecular weight is 363 g/mol. The van der Waals surface area contributed by atoms with E-state index in [4.69, 9.17) is 14.5 Å². The molecule has 0 unspecified atom stereocenters. The van der Waals surface area contributed by atoms with Gasteiger partial charge in [-0.3, -0.25) is 9.55 Å². The number of hydrogen-bond donors (Lipinski definition) is 3. The van der Waals surface area contributed by atoms with Crippen molar-refractivity contribution in [1.29, 1.82) is 0 Å². The van der Waals surface area contributed by atoms with Gasteiger partial charge in [0.05, 0.1) is 24.5 Å². The van der Waals surface area contributed by atoms with Gasteiger partial charge in [0.25, 0.3) is 0 Å². The summed E-state index contributed by atoms with van der Waals surface area (Å²) in [5.41, 5.74) is 1.73. The second kappa shape index (κ2) is 6.76. The zero-order chi connectivity index (χ0) is 18.0. The molecule has 0 saturated carbocycles. The van der Waals surface area contributed by atoms with Crippen molar-refractivity contribution in [3.05, 3.63) is 54.1 Å². The molecule has 1 aromatic carbocycles. The Kier molecular flexibility index (Phi) is 4.67. The number of anilines is 2. The maximum Gasteiger partial charge on any atom is 0.330 e. The van der Waals surface area contributed by atoms with Crippen molar-refractivity contribution >= 4 is 29.9 Å². The maximum atomic E-state index is 14.1. The molecule has 3 aromatic rings. The van der Waals surface area contributed by atoms with Crippen molar-refractivity contribution in [2.75, 3.05) is 12.4 Å². The molecule has 0 aliphatic carbocycles. The number of halogens is 1. The molecule has 0 spiro atoms. The summed E-state index contributed by atoms with van der Waals surface area (Å²) in [4.78, 5) is 26.3. The molecule has 7 nitrogen and oxygen atoms in total. The van der Waals surface area contributed by atoms with Crippen molar-refractivity contribution in [3.8, 4) is 5.88 Å². The van der Waals surface area contributed by atoms with Crippen molar-refractivity contribution in [2.45, 2.75) is 6.16 Å². The van der Waals surface area contributed by atoms with Gasteiger partial charge in [-0.15, -0.1) is 0 Å². The van der Waals surface area contributed by atoms with Gasteiger partial charge < -0.3 is 19.8 Å². The molecule has 0 aliphatic heterocycles. The molecule has 0 saturated heterocycles. The summed E-state index contributed by atoms with van der Waals surface area (Å²) >= 11 is 0. The lowest BCUT2D eigenvalue weighted by molar-refractivity contribution is 0.370. The smallest absolute Gasteiger partial charge is 0.330 e. The van der Waals surface area contributed by atoms with Crippen LogP contribution in [0.2, 0.25) is 0 Å². The first-order valence-electron chi connectivity index (χ1n) is 7.24. The summed E-state index contributed by atoms with van der Waals surface area (Å²) in [6.45, 7) is 0. The number of nitrogens with one attached hydrogen (secondary N) is 1. The monoisotopic (exact) mass is 363 g/mol. The van der Waals surface area contributed by atoms with Crippen LogP contribution in [0.3, 0.4) is 0 Å². The van der Waals surface area contributed by atoms with E-state index >= 15 is 0 Å². The molecule has 0 atom stereocenters. The molecule has 2 aromatic heterocycles. The van der Waals surface area contributed by atoms with Gasteiger partial charge in [-0.25, -0.2) is 9.37 Å². The van der Waals surface area contributed by atoms with Gasteiger partial charge in [0.1, 0.15) is 5.82 Å². The minimum absolute atomic E-state index is 0.0372. The molecular weight excluding hydrogens is 348 g/mol. The van der Waals surface area contributed by atoms with E-state index < -0.39 is 19.6 Å². The maximum absolute atomic E-state index is 14.1. The van der Waals surface area contributed by atoms with E-state index in [-0.39, 0.29) is 5.56 Å². The number of fused-ring (bicyclic) bond motifs is 1. The minimum atomic E-state index is -4.33. The quantitative estimate of drug-likeness (QED) is 0.598. The molecular formula is C16H15FN3O4P. The van der Waals surface area contributed by atoms with Crippen LogP contribution in [0.15, 0.2) is 42.7 Å². The number of ether oxygens (including phenoxy) is 1. The largest absolute Gasteiger partial charge is 0.481 e. The lowest BCUT2D eigenvalue weighted by atomic mass is 10.2. The SMILES string of the molecule is COc1cc2nccc(Nc3ccc(CP(=O)(O)O)c(F)c3)c2cn1. The highest BCUT2D eigenvalue weighted by Gasteiger charge is 2.17. The molecule has 0 fully saturated rings. The van der Waals surface area contributed by atoms with Crippen molar-refractivity contribution < 1.29 is 23.5 Å². The van der Waals surface area contributed by atoms with Crippen LogP contribution in [0.25, 0.3) is 10.9 Å². The first-order valence-corrected chi connectivity index (χ1v) is 9.04. The molecule has 0 aliphatic rings. The summed E-state index contributed by atoms with van der Waals surface area (Å²) in [5.74, 6) is -0.253. The van der Waals surface area contributed by atoms with Crippen LogP contribution >= 0.6 is 7.60 Å². The Hall–Kier alpha value is -2.54. The fourth-order valence-corrected chi connectivity index (χ4v) is 3.07. The molecule has 0 bridgehead atoms. The summed E-state index contributed by atoms with van der Waals surface area (Å²) in [5, 5.41) is 3.79. The molecule has 25 heavy (non-hydrogen) atoms. The van der Waals surface area contributed by atoms with E-state index in [1.165, 1.54) is 19.2 Å². The zero-order valence-electron chi connectivity index (χ0n) is 13.2. The molecule has 9 heteroatoms. The molecule has 130 valence electrons. The lowest BCUT2D eigenvalue weighted by Gasteiger charge is -2.11. The number of pyridine rings is 2. The minimum Gasteiger partial charge on any atom is -0.481 e. The molecule has 3 rings (SSSR count). The van der Waals surface area contributed by atoms with Crippen molar-refractivity contribution in [2.24, 2.45) is 0 Å². The first kappa shape index (κ1) is 17.3. The fraction of sp³-hybridized carbons (Fsp3) is 0.125. The third-order valence-electron chi connectivity index (χ3n) is 3.52. The van der Waals surface area contributed by atoms with Crippen LogP contribution in [0, 0.1) is 5.82 Å². The Bertz CT molecular complexity index is 977. The van der Waals surface area contributed by atoms with Crippen molar-refractivity contribution in [3.63, 3.8) is 0 Å². The Labute approximate surface area is 142 Å². The van der Waals surface area contributed by atoms with Crippen molar-refractivity contribution in [1.82, 2.24) is 9.97 Å². The summed E-state index contributed by atoms with van der Waals surface area (Å²) in [7, 11) is -2.81. The summed E-state index contributed by atoms with van der Waals surface area (Å²) in [6, 6.07) is 7.50. The van der Waals surface area contributed by atoms with Crippen LogP contribution in [0.5, 0.6) is 5.88 Å². The van der Waals surface area contributed by atoms with Crippen LogP contribution < -0.4 is 10.1 Å². The van der Waals surface area contributed by atoms with Gasteiger partial charge in [-0.2, -0.15) is 0 Å². The average Bonchev–Trinajstić information content (AvgIpc) is 2.56. The van der Waals surface area contributed by atoms with Crippen LogP contribution in [-0.4, -0.2) is 26.9 Å².